The van der Waals surface area contributed by atoms with Gasteiger partial charge in [-0.15, -0.1) is 0 Å². The van der Waals surface area contributed by atoms with Crippen LogP contribution in [0.5, 0.6) is 0 Å². The maximum Gasteiger partial charge on any atom is 0.268 e. The molecular weight excluding hydrogens is 346 g/mol. The number of rotatable bonds is 4. The van der Waals surface area contributed by atoms with Gasteiger partial charge in [0.15, 0.2) is 0 Å². The number of thiophene rings is 1. The first-order chi connectivity index (χ1) is 11.5. The van der Waals surface area contributed by atoms with E-state index in [1.165, 1.54) is 5.01 Å². The molecule has 0 saturated carbocycles. The van der Waals surface area contributed by atoms with Crippen LogP contribution in [-0.2, 0) is 9.59 Å². The Morgan fingerprint density at radius 2 is 2.00 bits per heavy atom. The summed E-state index contributed by atoms with van der Waals surface area (Å²) in [6.07, 6.45) is 0.652. The van der Waals surface area contributed by atoms with E-state index in [0.29, 0.717) is 23.6 Å². The van der Waals surface area contributed by atoms with Crippen molar-refractivity contribution in [2.24, 2.45) is 5.10 Å². The van der Waals surface area contributed by atoms with Gasteiger partial charge in [0.2, 0.25) is 5.91 Å². The van der Waals surface area contributed by atoms with E-state index in [1.54, 1.807) is 30.5 Å². The van der Waals surface area contributed by atoms with E-state index >= 15 is 0 Å². The molecule has 0 saturated heterocycles. The fourth-order valence-corrected chi connectivity index (χ4v) is 3.31. The van der Waals surface area contributed by atoms with E-state index in [4.69, 9.17) is 11.6 Å². The van der Waals surface area contributed by atoms with Crippen molar-refractivity contribution >= 4 is 40.5 Å². The fourth-order valence-electron chi connectivity index (χ4n) is 2.50. The molecule has 0 radical (unpaired) electrons. The van der Waals surface area contributed by atoms with Crippen molar-refractivity contribution in [3.63, 3.8) is 0 Å². The lowest BCUT2D eigenvalue weighted by Gasteiger charge is -2.22. The molecular formula is C17H16ClN3O2S. The predicted molar refractivity (Wildman–Crippen MR) is 95.2 cm³/mol. The van der Waals surface area contributed by atoms with Gasteiger partial charge in [-0.25, -0.2) is 5.01 Å². The third-order valence-corrected chi connectivity index (χ3v) is 4.78. The zero-order valence-electron chi connectivity index (χ0n) is 13.0. The Morgan fingerprint density at radius 1 is 1.25 bits per heavy atom. The average molecular weight is 362 g/mol. The highest BCUT2D eigenvalue weighted by atomic mass is 35.5. The van der Waals surface area contributed by atoms with Crippen LogP contribution in [0.1, 0.15) is 30.0 Å². The maximum absolute atomic E-state index is 12.6. The molecule has 1 aromatic carbocycles. The van der Waals surface area contributed by atoms with E-state index in [1.807, 2.05) is 29.0 Å². The zero-order valence-corrected chi connectivity index (χ0v) is 14.6. The van der Waals surface area contributed by atoms with Crippen LogP contribution in [0.3, 0.4) is 0 Å². The summed E-state index contributed by atoms with van der Waals surface area (Å²) >= 11 is 7.53. The van der Waals surface area contributed by atoms with E-state index < -0.39 is 0 Å². The Bertz CT molecular complexity index is 772. The SMILES string of the molecule is CN1N=C(C(=O)NC(c2ccc(Cl)cc2)c2ccsc2)CCC1=O. The molecule has 1 unspecified atom stereocenters. The number of nitrogens with zero attached hydrogens (tertiary/aromatic N) is 2. The molecule has 7 heteroatoms. The highest BCUT2D eigenvalue weighted by Crippen LogP contribution is 2.25. The van der Waals surface area contributed by atoms with Crippen LogP contribution in [-0.4, -0.2) is 29.6 Å². The summed E-state index contributed by atoms with van der Waals surface area (Å²) in [6, 6.07) is 9.07. The van der Waals surface area contributed by atoms with Gasteiger partial charge < -0.3 is 5.32 Å². The zero-order chi connectivity index (χ0) is 17.1. The number of amides is 2. The topological polar surface area (TPSA) is 61.8 Å². The average Bonchev–Trinajstić information content (AvgIpc) is 3.10. The molecule has 1 N–H and O–H groups in total. The molecule has 0 bridgehead atoms. The molecule has 0 aliphatic carbocycles. The first-order valence-electron chi connectivity index (χ1n) is 7.47. The molecule has 2 aromatic rings. The van der Waals surface area contributed by atoms with E-state index in [-0.39, 0.29) is 17.9 Å². The van der Waals surface area contributed by atoms with Crippen LogP contribution in [0.25, 0.3) is 0 Å². The molecule has 24 heavy (non-hydrogen) atoms. The predicted octanol–water partition coefficient (Wildman–Crippen LogP) is 3.22. The van der Waals surface area contributed by atoms with E-state index in [9.17, 15) is 9.59 Å². The van der Waals surface area contributed by atoms with Gasteiger partial charge >= 0.3 is 0 Å². The Kier molecular flexibility index (Phi) is 4.97. The number of hydrazone groups is 1. The third kappa shape index (κ3) is 3.66. The summed E-state index contributed by atoms with van der Waals surface area (Å²) in [4.78, 5) is 24.1. The van der Waals surface area contributed by atoms with Crippen molar-refractivity contribution in [3.05, 3.63) is 57.2 Å². The number of benzene rings is 1. The summed E-state index contributed by atoms with van der Waals surface area (Å²) in [7, 11) is 1.56. The molecule has 5 nitrogen and oxygen atoms in total. The standard InChI is InChI=1S/C17H16ClN3O2S/c1-21-15(22)7-6-14(20-21)17(23)19-16(12-8-9-24-10-12)11-2-4-13(18)5-3-11/h2-5,8-10,16H,6-7H2,1H3,(H,19,23). The van der Waals surface area contributed by atoms with Gasteiger partial charge in [0.25, 0.3) is 5.91 Å². The van der Waals surface area contributed by atoms with Crippen LogP contribution in [0.15, 0.2) is 46.2 Å². The van der Waals surface area contributed by atoms with Gasteiger partial charge in [-0.1, -0.05) is 23.7 Å². The first kappa shape index (κ1) is 16.7. The molecule has 1 aromatic heterocycles. The fraction of sp³-hybridized carbons (Fsp3) is 0.235. The number of halogens is 1. The normalized spacial score (nSPS) is 15.8. The largest absolute Gasteiger partial charge is 0.340 e. The second kappa shape index (κ2) is 7.15. The Morgan fingerprint density at radius 3 is 2.62 bits per heavy atom. The third-order valence-electron chi connectivity index (χ3n) is 3.82. The number of nitrogens with one attached hydrogen (secondary N) is 1. The van der Waals surface area contributed by atoms with Crippen molar-refractivity contribution in [2.75, 3.05) is 7.05 Å². The minimum atomic E-state index is -0.286. The van der Waals surface area contributed by atoms with Gasteiger partial charge in [0, 0.05) is 24.9 Å². The summed E-state index contributed by atoms with van der Waals surface area (Å²) in [6.45, 7) is 0. The van der Waals surface area contributed by atoms with E-state index in [0.717, 1.165) is 11.1 Å². The molecule has 1 aliphatic heterocycles. The summed E-state index contributed by atoms with van der Waals surface area (Å²) in [5.41, 5.74) is 2.30. The Hall–Kier alpha value is -2.18. The van der Waals surface area contributed by atoms with Crippen molar-refractivity contribution < 1.29 is 9.59 Å². The van der Waals surface area contributed by atoms with Crippen molar-refractivity contribution in [1.82, 2.24) is 10.3 Å². The molecule has 2 amide bonds. The number of carbonyl (C=O) groups is 2. The van der Waals surface area contributed by atoms with Gasteiger partial charge in [0.05, 0.1) is 6.04 Å². The van der Waals surface area contributed by atoms with Gasteiger partial charge in [-0.05, 0) is 40.1 Å². The number of hydrogen-bond acceptors (Lipinski definition) is 4. The highest BCUT2D eigenvalue weighted by Gasteiger charge is 2.25. The minimum absolute atomic E-state index is 0.0846. The molecule has 124 valence electrons. The molecule has 3 rings (SSSR count). The van der Waals surface area contributed by atoms with Crippen molar-refractivity contribution in [1.29, 1.82) is 0 Å². The lowest BCUT2D eigenvalue weighted by Crippen LogP contribution is -2.39. The molecule has 2 heterocycles. The van der Waals surface area contributed by atoms with Gasteiger partial charge in [-0.3, -0.25) is 9.59 Å². The Balaban J connectivity index is 1.85. The lowest BCUT2D eigenvalue weighted by atomic mass is 10.0. The molecule has 0 fully saturated rings. The van der Waals surface area contributed by atoms with Crippen LogP contribution in [0.4, 0.5) is 0 Å². The number of carbonyl (C=O) groups excluding carboxylic acids is 2. The summed E-state index contributed by atoms with van der Waals surface area (Å²) in [5, 5.41) is 12.9. The molecule has 1 atom stereocenters. The van der Waals surface area contributed by atoms with Crippen molar-refractivity contribution in [3.8, 4) is 0 Å². The second-order valence-electron chi connectivity index (χ2n) is 5.48. The summed E-state index contributed by atoms with van der Waals surface area (Å²) in [5.74, 6) is -0.348. The first-order valence-corrected chi connectivity index (χ1v) is 8.79. The van der Waals surface area contributed by atoms with Gasteiger partial charge in [0.1, 0.15) is 5.71 Å². The summed E-state index contributed by atoms with van der Waals surface area (Å²) < 4.78 is 0. The highest BCUT2D eigenvalue weighted by molar-refractivity contribution is 7.08. The molecule has 0 spiro atoms. The second-order valence-corrected chi connectivity index (χ2v) is 6.70. The Labute approximate surface area is 148 Å². The smallest absolute Gasteiger partial charge is 0.268 e. The van der Waals surface area contributed by atoms with Crippen LogP contribution in [0.2, 0.25) is 5.02 Å². The van der Waals surface area contributed by atoms with Crippen LogP contribution < -0.4 is 5.32 Å². The van der Waals surface area contributed by atoms with Crippen LogP contribution >= 0.6 is 22.9 Å². The molecule has 1 aliphatic rings. The quantitative estimate of drug-likeness (QED) is 0.908. The van der Waals surface area contributed by atoms with E-state index in [2.05, 4.69) is 10.4 Å². The number of hydrogen-bond donors (Lipinski definition) is 1. The maximum atomic E-state index is 12.6. The van der Waals surface area contributed by atoms with Crippen LogP contribution in [0, 0.1) is 0 Å². The monoisotopic (exact) mass is 361 g/mol. The van der Waals surface area contributed by atoms with Crippen molar-refractivity contribution in [2.45, 2.75) is 18.9 Å². The lowest BCUT2D eigenvalue weighted by molar-refractivity contribution is -0.130. The minimum Gasteiger partial charge on any atom is -0.340 e. The van der Waals surface area contributed by atoms with Gasteiger partial charge in [-0.2, -0.15) is 16.4 Å².